The second-order valence-corrected chi connectivity index (χ2v) is 9.08. The van der Waals surface area contributed by atoms with Crippen molar-refractivity contribution in [1.29, 1.82) is 0 Å². The van der Waals surface area contributed by atoms with Gasteiger partial charge in [0, 0.05) is 37.4 Å². The second-order valence-electron chi connectivity index (χ2n) is 6.46. The molecule has 0 N–H and O–H groups in total. The molecule has 138 valence electrons. The van der Waals surface area contributed by atoms with Crippen LogP contribution in [0.1, 0.15) is 24.8 Å². The highest BCUT2D eigenvalue weighted by atomic mass is 35.5. The lowest BCUT2D eigenvalue weighted by Crippen LogP contribution is -2.47. The zero-order chi connectivity index (χ0) is 17.9. The maximum atomic E-state index is 12.3. The standard InChI is InChI=1S/C17H22ClNO5S/c18-15-3-1-2-14(12-15)13-25(21,22)11-4-16(20)19-7-5-17(6-8-19)23-9-10-24-17/h1-3,12H,4-11,13H2. The highest BCUT2D eigenvalue weighted by Crippen LogP contribution is 2.31. The van der Waals surface area contributed by atoms with E-state index in [9.17, 15) is 13.2 Å². The molecular formula is C17H22ClNO5S. The smallest absolute Gasteiger partial charge is 0.223 e. The Hall–Kier alpha value is -1.15. The Kier molecular flexibility index (Phi) is 5.68. The number of halogens is 1. The van der Waals surface area contributed by atoms with Crippen molar-refractivity contribution in [3.05, 3.63) is 34.9 Å². The molecule has 0 unspecified atom stereocenters. The zero-order valence-electron chi connectivity index (χ0n) is 13.9. The van der Waals surface area contributed by atoms with Gasteiger partial charge in [0.1, 0.15) is 0 Å². The predicted molar refractivity (Wildman–Crippen MR) is 94.0 cm³/mol. The van der Waals surface area contributed by atoms with Crippen molar-refractivity contribution in [3.8, 4) is 0 Å². The van der Waals surface area contributed by atoms with Crippen LogP contribution in [-0.2, 0) is 29.9 Å². The van der Waals surface area contributed by atoms with Crippen molar-refractivity contribution >= 4 is 27.3 Å². The van der Waals surface area contributed by atoms with Crippen LogP contribution in [0.15, 0.2) is 24.3 Å². The van der Waals surface area contributed by atoms with E-state index in [0.717, 1.165) is 0 Å². The summed E-state index contributed by atoms with van der Waals surface area (Å²) >= 11 is 5.88. The third-order valence-electron chi connectivity index (χ3n) is 4.59. The number of carbonyl (C=O) groups is 1. The SMILES string of the molecule is O=C(CCS(=O)(=O)Cc1cccc(Cl)c1)N1CCC2(CC1)OCCO2. The van der Waals surface area contributed by atoms with Crippen LogP contribution >= 0.6 is 11.6 Å². The Balaban J connectivity index is 1.48. The molecule has 8 heteroatoms. The molecule has 0 radical (unpaired) electrons. The molecule has 25 heavy (non-hydrogen) atoms. The number of hydrogen-bond acceptors (Lipinski definition) is 5. The molecule has 1 spiro atoms. The van der Waals surface area contributed by atoms with Crippen LogP contribution in [0.25, 0.3) is 0 Å². The van der Waals surface area contributed by atoms with E-state index in [0.29, 0.717) is 49.7 Å². The summed E-state index contributed by atoms with van der Waals surface area (Å²) in [7, 11) is -3.36. The summed E-state index contributed by atoms with van der Waals surface area (Å²) in [5, 5.41) is 0.502. The number of piperidine rings is 1. The monoisotopic (exact) mass is 387 g/mol. The minimum atomic E-state index is -3.36. The Bertz CT molecular complexity index is 720. The molecule has 1 amide bonds. The highest BCUT2D eigenvalue weighted by molar-refractivity contribution is 7.90. The van der Waals surface area contributed by atoms with E-state index in [4.69, 9.17) is 21.1 Å². The van der Waals surface area contributed by atoms with Crippen molar-refractivity contribution in [2.75, 3.05) is 32.1 Å². The maximum absolute atomic E-state index is 12.3. The molecule has 0 bridgehead atoms. The third kappa shape index (κ3) is 4.94. The summed E-state index contributed by atoms with van der Waals surface area (Å²) in [6.45, 7) is 2.26. The molecule has 1 aromatic rings. The van der Waals surface area contributed by atoms with Gasteiger partial charge < -0.3 is 14.4 Å². The molecule has 0 saturated carbocycles. The van der Waals surface area contributed by atoms with Gasteiger partial charge in [-0.25, -0.2) is 8.42 Å². The molecule has 2 fully saturated rings. The van der Waals surface area contributed by atoms with Crippen molar-refractivity contribution in [1.82, 2.24) is 4.90 Å². The largest absolute Gasteiger partial charge is 0.347 e. The number of likely N-dealkylation sites (tertiary alicyclic amines) is 1. The first-order valence-electron chi connectivity index (χ1n) is 8.38. The molecule has 0 atom stereocenters. The molecule has 2 aliphatic rings. The number of rotatable bonds is 5. The summed E-state index contributed by atoms with van der Waals surface area (Å²) < 4.78 is 35.8. The summed E-state index contributed by atoms with van der Waals surface area (Å²) in [4.78, 5) is 14.0. The maximum Gasteiger partial charge on any atom is 0.223 e. The van der Waals surface area contributed by atoms with E-state index in [-0.39, 0.29) is 23.8 Å². The van der Waals surface area contributed by atoms with Crippen molar-refractivity contribution in [3.63, 3.8) is 0 Å². The number of hydrogen-bond donors (Lipinski definition) is 0. The van der Waals surface area contributed by atoms with Gasteiger partial charge in [0.15, 0.2) is 15.6 Å². The van der Waals surface area contributed by atoms with Crippen LogP contribution in [0.5, 0.6) is 0 Å². The summed E-state index contributed by atoms with van der Waals surface area (Å²) in [5.74, 6) is -0.934. The van der Waals surface area contributed by atoms with Gasteiger partial charge in [-0.2, -0.15) is 0 Å². The number of amides is 1. The fraction of sp³-hybridized carbons (Fsp3) is 0.588. The Morgan fingerprint density at radius 1 is 1.20 bits per heavy atom. The lowest BCUT2D eigenvalue weighted by molar-refractivity contribution is -0.187. The van der Waals surface area contributed by atoms with Crippen LogP contribution in [0, 0.1) is 0 Å². The number of benzene rings is 1. The minimum Gasteiger partial charge on any atom is -0.347 e. The first kappa shape index (κ1) is 18.6. The number of ether oxygens (including phenoxy) is 2. The third-order valence-corrected chi connectivity index (χ3v) is 6.43. The van der Waals surface area contributed by atoms with Gasteiger partial charge in [-0.15, -0.1) is 0 Å². The fourth-order valence-electron chi connectivity index (χ4n) is 3.24. The minimum absolute atomic E-state index is 0.00237. The van der Waals surface area contributed by atoms with Gasteiger partial charge in [0.2, 0.25) is 5.91 Å². The van der Waals surface area contributed by atoms with Crippen molar-refractivity contribution in [2.24, 2.45) is 0 Å². The quantitative estimate of drug-likeness (QED) is 0.772. The van der Waals surface area contributed by atoms with E-state index >= 15 is 0 Å². The van der Waals surface area contributed by atoms with Crippen molar-refractivity contribution < 1.29 is 22.7 Å². The van der Waals surface area contributed by atoms with E-state index < -0.39 is 15.6 Å². The van der Waals surface area contributed by atoms with Gasteiger partial charge in [-0.1, -0.05) is 23.7 Å². The van der Waals surface area contributed by atoms with Gasteiger partial charge in [0.25, 0.3) is 0 Å². The molecule has 2 heterocycles. The lowest BCUT2D eigenvalue weighted by Gasteiger charge is -2.37. The van der Waals surface area contributed by atoms with Gasteiger partial charge in [0.05, 0.1) is 24.7 Å². The van der Waals surface area contributed by atoms with Gasteiger partial charge in [-0.05, 0) is 17.7 Å². The highest BCUT2D eigenvalue weighted by Gasteiger charge is 2.40. The Labute approximate surface area is 153 Å². The Morgan fingerprint density at radius 2 is 1.88 bits per heavy atom. The van der Waals surface area contributed by atoms with Gasteiger partial charge in [-0.3, -0.25) is 4.79 Å². The molecule has 2 aliphatic heterocycles. The lowest BCUT2D eigenvalue weighted by atomic mass is 10.0. The van der Waals surface area contributed by atoms with Crippen LogP contribution < -0.4 is 0 Å². The van der Waals surface area contributed by atoms with E-state index in [1.165, 1.54) is 0 Å². The topological polar surface area (TPSA) is 72.9 Å². The zero-order valence-corrected chi connectivity index (χ0v) is 15.5. The first-order chi connectivity index (χ1) is 11.9. The molecule has 1 aromatic carbocycles. The molecule has 2 saturated heterocycles. The summed E-state index contributed by atoms with van der Waals surface area (Å²) in [5.41, 5.74) is 0.635. The molecule has 0 aliphatic carbocycles. The van der Waals surface area contributed by atoms with Crippen LogP contribution in [0.2, 0.25) is 5.02 Å². The van der Waals surface area contributed by atoms with Crippen LogP contribution in [-0.4, -0.2) is 57.1 Å². The van der Waals surface area contributed by atoms with Crippen molar-refractivity contribution in [2.45, 2.75) is 30.8 Å². The molecule has 6 nitrogen and oxygen atoms in total. The van der Waals surface area contributed by atoms with E-state index in [1.54, 1.807) is 29.2 Å². The van der Waals surface area contributed by atoms with Gasteiger partial charge >= 0.3 is 0 Å². The first-order valence-corrected chi connectivity index (χ1v) is 10.6. The van der Waals surface area contributed by atoms with Crippen LogP contribution in [0.4, 0.5) is 0 Å². The predicted octanol–water partition coefficient (Wildman–Crippen LogP) is 2.01. The number of sulfone groups is 1. The second kappa shape index (κ2) is 7.61. The average molecular weight is 388 g/mol. The Morgan fingerprint density at radius 3 is 2.52 bits per heavy atom. The molecule has 3 rings (SSSR count). The molecular weight excluding hydrogens is 366 g/mol. The summed E-state index contributed by atoms with van der Waals surface area (Å²) in [6.07, 6.45) is 1.26. The fourth-order valence-corrected chi connectivity index (χ4v) is 4.77. The van der Waals surface area contributed by atoms with E-state index in [2.05, 4.69) is 0 Å². The number of nitrogens with zero attached hydrogens (tertiary/aromatic N) is 1. The van der Waals surface area contributed by atoms with Crippen LogP contribution in [0.3, 0.4) is 0 Å². The van der Waals surface area contributed by atoms with E-state index in [1.807, 2.05) is 0 Å². The average Bonchev–Trinajstić information content (AvgIpc) is 3.01. The molecule has 0 aromatic heterocycles. The number of carbonyl (C=O) groups excluding carboxylic acids is 1. The normalized spacial score (nSPS) is 20.1. The summed E-state index contributed by atoms with van der Waals surface area (Å²) in [6, 6.07) is 6.76.